The molecule has 3 rings (SSSR count). The van der Waals surface area contributed by atoms with Gasteiger partial charge in [-0.1, -0.05) is 66.1 Å². The van der Waals surface area contributed by atoms with E-state index < -0.39 is 0 Å². The SMILES string of the molecule is Cc1cc(C)c(C#Cc2ccccc2)c(C)c1C#Cc1ccccc1. The van der Waals surface area contributed by atoms with Crippen LogP contribution in [0.1, 0.15) is 38.9 Å². The van der Waals surface area contributed by atoms with E-state index in [-0.39, 0.29) is 0 Å². The molecule has 120 valence electrons. The molecule has 0 amide bonds. The zero-order valence-corrected chi connectivity index (χ0v) is 14.9. The highest BCUT2D eigenvalue weighted by molar-refractivity contribution is 5.60. The van der Waals surface area contributed by atoms with Gasteiger partial charge in [-0.2, -0.15) is 0 Å². The lowest BCUT2D eigenvalue weighted by atomic mass is 9.93. The first-order valence-corrected chi connectivity index (χ1v) is 8.40. The predicted octanol–water partition coefficient (Wildman–Crippen LogP) is 5.41. The smallest absolute Gasteiger partial charge is 0.0320 e. The van der Waals surface area contributed by atoms with Crippen molar-refractivity contribution in [1.82, 2.24) is 0 Å². The topological polar surface area (TPSA) is 0 Å². The lowest BCUT2D eigenvalue weighted by molar-refractivity contribution is 1.27. The Labute approximate surface area is 150 Å². The molecule has 0 aromatic heterocycles. The number of hydrogen-bond donors (Lipinski definition) is 0. The Morgan fingerprint density at radius 2 is 0.920 bits per heavy atom. The molecule has 3 aromatic rings. The van der Waals surface area contributed by atoms with Crippen LogP contribution in [0.2, 0.25) is 0 Å². The molecule has 3 aromatic carbocycles. The minimum Gasteiger partial charge on any atom is -0.0622 e. The highest BCUT2D eigenvalue weighted by Crippen LogP contribution is 2.21. The summed E-state index contributed by atoms with van der Waals surface area (Å²) in [6.07, 6.45) is 0. The summed E-state index contributed by atoms with van der Waals surface area (Å²) < 4.78 is 0. The van der Waals surface area contributed by atoms with Gasteiger partial charge in [-0.25, -0.2) is 0 Å². The summed E-state index contributed by atoms with van der Waals surface area (Å²) in [6.45, 7) is 6.34. The molecule has 0 radical (unpaired) electrons. The predicted molar refractivity (Wildman–Crippen MR) is 105 cm³/mol. The van der Waals surface area contributed by atoms with E-state index in [1.54, 1.807) is 0 Å². The summed E-state index contributed by atoms with van der Waals surface area (Å²) in [4.78, 5) is 0. The van der Waals surface area contributed by atoms with Crippen LogP contribution in [0.4, 0.5) is 0 Å². The van der Waals surface area contributed by atoms with Crippen LogP contribution < -0.4 is 0 Å². The van der Waals surface area contributed by atoms with Crippen molar-refractivity contribution in [3.05, 3.63) is 106 Å². The zero-order chi connectivity index (χ0) is 17.6. The van der Waals surface area contributed by atoms with Gasteiger partial charge < -0.3 is 0 Å². The van der Waals surface area contributed by atoms with E-state index in [2.05, 4.69) is 50.5 Å². The van der Waals surface area contributed by atoms with Gasteiger partial charge in [-0.3, -0.25) is 0 Å². The molecule has 0 unspecified atom stereocenters. The number of hydrogen-bond acceptors (Lipinski definition) is 0. The molecule has 0 saturated carbocycles. The maximum Gasteiger partial charge on any atom is 0.0320 e. The minimum absolute atomic E-state index is 1.03. The molecular formula is C25H20. The fourth-order valence-electron chi connectivity index (χ4n) is 2.88. The van der Waals surface area contributed by atoms with Crippen LogP contribution in [0.15, 0.2) is 66.7 Å². The van der Waals surface area contributed by atoms with E-state index in [4.69, 9.17) is 0 Å². The van der Waals surface area contributed by atoms with Crippen LogP contribution in [-0.2, 0) is 0 Å². The molecular weight excluding hydrogens is 300 g/mol. The van der Waals surface area contributed by atoms with Gasteiger partial charge in [0.15, 0.2) is 0 Å². The lowest BCUT2D eigenvalue weighted by Crippen LogP contribution is -1.96. The van der Waals surface area contributed by atoms with Crippen LogP contribution in [0, 0.1) is 44.5 Å². The average molecular weight is 320 g/mol. The van der Waals surface area contributed by atoms with E-state index in [1.165, 1.54) is 11.1 Å². The summed E-state index contributed by atoms with van der Waals surface area (Å²) >= 11 is 0. The average Bonchev–Trinajstić information content (AvgIpc) is 2.63. The molecule has 0 aliphatic carbocycles. The minimum atomic E-state index is 1.03. The summed E-state index contributed by atoms with van der Waals surface area (Å²) in [6, 6.07) is 22.3. The van der Waals surface area contributed by atoms with Gasteiger partial charge in [0.2, 0.25) is 0 Å². The lowest BCUT2D eigenvalue weighted by Gasteiger charge is -2.09. The maximum absolute atomic E-state index is 3.35. The first-order valence-electron chi connectivity index (χ1n) is 8.40. The van der Waals surface area contributed by atoms with Crippen molar-refractivity contribution in [3.63, 3.8) is 0 Å². The molecule has 0 atom stereocenters. The fourth-order valence-corrected chi connectivity index (χ4v) is 2.88. The Morgan fingerprint density at radius 3 is 1.32 bits per heavy atom. The summed E-state index contributed by atoms with van der Waals surface area (Å²) in [5.41, 5.74) is 7.76. The standard InChI is InChI=1S/C25H20/c1-19-18-20(2)25(17-15-23-12-8-5-9-13-23)21(3)24(19)16-14-22-10-6-4-7-11-22/h4-13,18H,1-3H3. The first kappa shape index (κ1) is 16.6. The van der Waals surface area contributed by atoms with Gasteiger partial charge in [0.05, 0.1) is 0 Å². The van der Waals surface area contributed by atoms with Crippen molar-refractivity contribution >= 4 is 0 Å². The van der Waals surface area contributed by atoms with Gasteiger partial charge in [-0.05, 0) is 61.7 Å². The van der Waals surface area contributed by atoms with Gasteiger partial charge >= 0.3 is 0 Å². The summed E-state index contributed by atoms with van der Waals surface area (Å²) in [5, 5.41) is 0. The van der Waals surface area contributed by atoms with Crippen molar-refractivity contribution < 1.29 is 0 Å². The van der Waals surface area contributed by atoms with Gasteiger partial charge in [0.25, 0.3) is 0 Å². The Bertz CT molecular complexity index is 920. The van der Waals surface area contributed by atoms with Crippen LogP contribution in [-0.4, -0.2) is 0 Å². The summed E-state index contributed by atoms with van der Waals surface area (Å²) in [7, 11) is 0. The molecule has 0 bridgehead atoms. The maximum atomic E-state index is 3.35. The molecule has 0 saturated heterocycles. The van der Waals surface area contributed by atoms with E-state index in [0.717, 1.165) is 27.8 Å². The van der Waals surface area contributed by atoms with Crippen molar-refractivity contribution in [2.24, 2.45) is 0 Å². The van der Waals surface area contributed by atoms with Crippen molar-refractivity contribution in [1.29, 1.82) is 0 Å². The highest BCUT2D eigenvalue weighted by atomic mass is 14.1. The molecule has 0 spiro atoms. The molecule has 0 heteroatoms. The normalized spacial score (nSPS) is 9.56. The fraction of sp³-hybridized carbons (Fsp3) is 0.120. The third kappa shape index (κ3) is 4.00. The van der Waals surface area contributed by atoms with Crippen LogP contribution in [0.3, 0.4) is 0 Å². The van der Waals surface area contributed by atoms with Gasteiger partial charge in [0.1, 0.15) is 0 Å². The molecule has 0 heterocycles. The molecule has 0 aliphatic heterocycles. The summed E-state index contributed by atoms with van der Waals surface area (Å²) in [5.74, 6) is 13.2. The van der Waals surface area contributed by atoms with E-state index in [9.17, 15) is 0 Å². The Hall–Kier alpha value is -3.22. The zero-order valence-electron chi connectivity index (χ0n) is 14.9. The van der Waals surface area contributed by atoms with E-state index >= 15 is 0 Å². The van der Waals surface area contributed by atoms with E-state index in [0.29, 0.717) is 0 Å². The van der Waals surface area contributed by atoms with Crippen molar-refractivity contribution in [2.75, 3.05) is 0 Å². The van der Waals surface area contributed by atoms with Crippen molar-refractivity contribution in [2.45, 2.75) is 20.8 Å². The van der Waals surface area contributed by atoms with Crippen LogP contribution >= 0.6 is 0 Å². The second-order valence-corrected chi connectivity index (χ2v) is 6.12. The van der Waals surface area contributed by atoms with Crippen molar-refractivity contribution in [3.8, 4) is 23.7 Å². The third-order valence-electron chi connectivity index (χ3n) is 4.18. The second kappa shape index (κ2) is 7.57. The number of rotatable bonds is 0. The van der Waals surface area contributed by atoms with Crippen LogP contribution in [0.5, 0.6) is 0 Å². The highest BCUT2D eigenvalue weighted by Gasteiger charge is 2.08. The number of aryl methyl sites for hydroxylation is 2. The van der Waals surface area contributed by atoms with Crippen LogP contribution in [0.25, 0.3) is 0 Å². The quantitative estimate of drug-likeness (QED) is 0.486. The molecule has 0 nitrogen and oxygen atoms in total. The van der Waals surface area contributed by atoms with E-state index in [1.807, 2.05) is 60.7 Å². The Kier molecular flexibility index (Phi) is 5.03. The molecule has 0 aliphatic rings. The second-order valence-electron chi connectivity index (χ2n) is 6.12. The molecule has 25 heavy (non-hydrogen) atoms. The third-order valence-corrected chi connectivity index (χ3v) is 4.18. The molecule has 0 fully saturated rings. The Morgan fingerprint density at radius 1 is 0.520 bits per heavy atom. The number of benzene rings is 3. The first-order chi connectivity index (χ1) is 12.1. The largest absolute Gasteiger partial charge is 0.0622 e. The molecule has 0 N–H and O–H groups in total. The monoisotopic (exact) mass is 320 g/mol. The van der Waals surface area contributed by atoms with Gasteiger partial charge in [-0.15, -0.1) is 0 Å². The Balaban J connectivity index is 2.04. The van der Waals surface area contributed by atoms with Gasteiger partial charge in [0, 0.05) is 22.3 Å².